The van der Waals surface area contributed by atoms with Gasteiger partial charge in [0.25, 0.3) is 0 Å². The Hall–Kier alpha value is -0.110. The smallest absolute Gasteiger partial charge is 0.294 e. The molecule has 1 rings (SSSR count). The maximum absolute atomic E-state index is 12.5. The number of carbonyl (C=O) groups excluding carboxylic acids is 1. The van der Waals surface area contributed by atoms with Crippen molar-refractivity contribution in [3.05, 3.63) is 31.3 Å². The van der Waals surface area contributed by atoms with Crippen LogP contribution in [0.4, 0.5) is 13.2 Å². The van der Waals surface area contributed by atoms with Crippen molar-refractivity contribution in [2.24, 2.45) is 0 Å². The monoisotopic (exact) mass is 392 g/mol. The molecule has 0 saturated heterocycles. The van der Waals surface area contributed by atoms with E-state index in [1.165, 1.54) is 6.07 Å². The lowest BCUT2D eigenvalue weighted by molar-refractivity contribution is -0.138. The summed E-state index contributed by atoms with van der Waals surface area (Å²) in [7, 11) is 0. The molecule has 0 aliphatic carbocycles. The summed E-state index contributed by atoms with van der Waals surface area (Å²) < 4.78 is 38.4. The van der Waals surface area contributed by atoms with Crippen LogP contribution in [0.25, 0.3) is 0 Å². The van der Waals surface area contributed by atoms with Crippen LogP contribution < -0.4 is 0 Å². The largest absolute Gasteiger partial charge is 0.417 e. The number of hydrogen-bond acceptors (Lipinski definition) is 1. The molecule has 0 unspecified atom stereocenters. The molecule has 0 heterocycles. The maximum Gasteiger partial charge on any atom is 0.417 e. The highest BCUT2D eigenvalue weighted by Gasteiger charge is 2.35. The highest BCUT2D eigenvalue weighted by molar-refractivity contribution is 14.1. The van der Waals surface area contributed by atoms with Gasteiger partial charge in [0, 0.05) is 13.6 Å². The minimum Gasteiger partial charge on any atom is -0.294 e. The first-order valence-electron chi connectivity index (χ1n) is 3.81. The number of Topliss-reactive ketones (excluding diaryl/α,β-unsaturated/α-hetero) is 1. The zero-order chi connectivity index (χ0) is 11.8. The summed E-state index contributed by atoms with van der Waals surface area (Å²) in [4.78, 5) is 11.2. The Kier molecular flexibility index (Phi) is 3.80. The van der Waals surface area contributed by atoms with Crippen molar-refractivity contribution in [2.45, 2.75) is 13.1 Å². The van der Waals surface area contributed by atoms with Gasteiger partial charge in [-0.05, 0) is 57.6 Å². The van der Waals surface area contributed by atoms with Gasteiger partial charge in [-0.15, -0.1) is 0 Å². The molecule has 0 fully saturated rings. The number of carbonyl (C=O) groups is 1. The molecule has 1 aromatic rings. The number of ketones is 1. The fourth-order valence-corrected chi connectivity index (χ4v) is 2.31. The molecule has 0 N–H and O–H groups in total. The lowest BCUT2D eigenvalue weighted by Gasteiger charge is -2.13. The quantitative estimate of drug-likeness (QED) is 0.515. The van der Waals surface area contributed by atoms with Crippen molar-refractivity contribution < 1.29 is 18.0 Å². The highest BCUT2D eigenvalue weighted by atomic mass is 127. The van der Waals surface area contributed by atoms with Gasteiger partial charge >= 0.3 is 6.18 Å². The van der Waals surface area contributed by atoms with Crippen molar-refractivity contribution >= 4 is 44.3 Å². The van der Waals surface area contributed by atoms with Crippen LogP contribution in [-0.2, 0) is 6.18 Å². The van der Waals surface area contributed by atoms with Crippen LogP contribution in [0.5, 0.6) is 0 Å². The topological polar surface area (TPSA) is 17.1 Å². The predicted molar refractivity (Wildman–Crippen MR) is 61.9 cm³/mol. The van der Waals surface area contributed by atoms with Gasteiger partial charge in [-0.3, -0.25) is 4.79 Å². The lowest BCUT2D eigenvalue weighted by atomic mass is 10.0. The van der Waals surface area contributed by atoms with Crippen molar-refractivity contribution in [3.63, 3.8) is 0 Å². The molecule has 6 heteroatoms. The summed E-state index contributed by atoms with van der Waals surface area (Å²) >= 11 is 4.81. The third kappa shape index (κ3) is 2.72. The summed E-state index contributed by atoms with van der Waals surface area (Å²) in [6.07, 6.45) is -4.50. The summed E-state index contributed by atoms with van der Waals surface area (Å²) in [6.45, 7) is 1.12. The molecule has 0 saturated carbocycles. The number of benzene rings is 1. The SMILES string of the molecule is CC(=O)c1c(C(F)(F)F)ccc(Br)c1I. The van der Waals surface area contributed by atoms with E-state index in [9.17, 15) is 18.0 Å². The van der Waals surface area contributed by atoms with E-state index in [-0.39, 0.29) is 9.13 Å². The molecule has 0 aromatic heterocycles. The third-order valence-corrected chi connectivity index (χ3v) is 4.27. The van der Waals surface area contributed by atoms with Crippen molar-refractivity contribution in [1.82, 2.24) is 0 Å². The second-order valence-electron chi connectivity index (χ2n) is 2.84. The Morgan fingerprint density at radius 1 is 1.40 bits per heavy atom. The summed E-state index contributed by atoms with van der Waals surface area (Å²) in [5, 5.41) is 0. The van der Waals surface area contributed by atoms with E-state index in [0.717, 1.165) is 13.0 Å². The minimum absolute atomic E-state index is 0.280. The first-order valence-corrected chi connectivity index (χ1v) is 5.68. The molecule has 1 aromatic carbocycles. The van der Waals surface area contributed by atoms with Crippen LogP contribution in [0.15, 0.2) is 16.6 Å². The van der Waals surface area contributed by atoms with Crippen molar-refractivity contribution in [1.29, 1.82) is 0 Å². The predicted octanol–water partition coefficient (Wildman–Crippen LogP) is 4.28. The first kappa shape index (κ1) is 13.0. The molecular formula is C9H5BrF3IO. The number of rotatable bonds is 1. The molecule has 0 amide bonds. The first-order chi connectivity index (χ1) is 6.75. The Bertz CT molecular complexity index is 415. The van der Waals surface area contributed by atoms with E-state index in [0.29, 0.717) is 4.47 Å². The molecule has 82 valence electrons. The van der Waals surface area contributed by atoms with E-state index in [1.54, 1.807) is 22.6 Å². The Morgan fingerprint density at radius 3 is 2.33 bits per heavy atom. The fraction of sp³-hybridized carbons (Fsp3) is 0.222. The van der Waals surface area contributed by atoms with Gasteiger partial charge in [-0.2, -0.15) is 13.2 Å². The Balaban J connectivity index is 3.55. The average Bonchev–Trinajstić information content (AvgIpc) is 2.06. The third-order valence-electron chi connectivity index (χ3n) is 1.75. The van der Waals surface area contributed by atoms with E-state index in [2.05, 4.69) is 15.9 Å². The number of alkyl halides is 3. The fourth-order valence-electron chi connectivity index (χ4n) is 1.13. The van der Waals surface area contributed by atoms with E-state index in [1.807, 2.05) is 0 Å². The zero-order valence-electron chi connectivity index (χ0n) is 7.45. The highest BCUT2D eigenvalue weighted by Crippen LogP contribution is 2.36. The maximum atomic E-state index is 12.5. The molecule has 0 radical (unpaired) electrons. The summed E-state index contributed by atoms with van der Waals surface area (Å²) in [6, 6.07) is 2.19. The minimum atomic E-state index is -4.50. The molecule has 1 nitrogen and oxygen atoms in total. The molecule has 0 atom stereocenters. The van der Waals surface area contributed by atoms with Crippen molar-refractivity contribution in [2.75, 3.05) is 0 Å². The van der Waals surface area contributed by atoms with Gasteiger partial charge in [-0.25, -0.2) is 0 Å². The van der Waals surface area contributed by atoms with Gasteiger partial charge in [0.15, 0.2) is 5.78 Å². The van der Waals surface area contributed by atoms with E-state index in [4.69, 9.17) is 0 Å². The molecule has 0 aliphatic heterocycles. The number of halogens is 5. The second kappa shape index (κ2) is 4.40. The van der Waals surface area contributed by atoms with Crippen LogP contribution in [0.2, 0.25) is 0 Å². The molecular weight excluding hydrogens is 388 g/mol. The van der Waals surface area contributed by atoms with E-state index >= 15 is 0 Å². The molecule has 15 heavy (non-hydrogen) atoms. The Morgan fingerprint density at radius 2 is 1.93 bits per heavy atom. The van der Waals surface area contributed by atoms with Crippen molar-refractivity contribution in [3.8, 4) is 0 Å². The van der Waals surface area contributed by atoms with Crippen LogP contribution in [0.1, 0.15) is 22.8 Å². The standard InChI is InChI=1S/C9H5BrF3IO/c1-4(15)7-5(9(11,12)13)2-3-6(10)8(7)14/h2-3H,1H3. The lowest BCUT2D eigenvalue weighted by Crippen LogP contribution is -2.13. The van der Waals surface area contributed by atoms with Crippen LogP contribution in [-0.4, -0.2) is 5.78 Å². The molecule has 0 bridgehead atoms. The zero-order valence-corrected chi connectivity index (χ0v) is 11.2. The van der Waals surface area contributed by atoms with Gasteiger partial charge in [0.05, 0.1) is 5.56 Å². The number of hydrogen-bond donors (Lipinski definition) is 0. The van der Waals surface area contributed by atoms with Crippen LogP contribution in [0.3, 0.4) is 0 Å². The summed E-state index contributed by atoms with van der Waals surface area (Å²) in [5.41, 5.74) is -1.17. The van der Waals surface area contributed by atoms with E-state index < -0.39 is 17.5 Å². The molecule has 0 spiro atoms. The van der Waals surface area contributed by atoms with Gasteiger partial charge in [0.1, 0.15) is 0 Å². The van der Waals surface area contributed by atoms with Gasteiger partial charge < -0.3 is 0 Å². The van der Waals surface area contributed by atoms with Gasteiger partial charge in [0.2, 0.25) is 0 Å². The van der Waals surface area contributed by atoms with Crippen LogP contribution >= 0.6 is 38.5 Å². The summed E-state index contributed by atoms with van der Waals surface area (Å²) in [5.74, 6) is -0.590. The van der Waals surface area contributed by atoms with Gasteiger partial charge in [-0.1, -0.05) is 0 Å². The normalized spacial score (nSPS) is 11.6. The Labute approximate surface area is 106 Å². The van der Waals surface area contributed by atoms with Crippen LogP contribution in [0, 0.1) is 3.57 Å². The molecule has 0 aliphatic rings. The average molecular weight is 393 g/mol. The second-order valence-corrected chi connectivity index (χ2v) is 4.77.